The molecule has 96 valence electrons. The van der Waals surface area contributed by atoms with Crippen molar-refractivity contribution in [2.75, 3.05) is 5.32 Å². The molecule has 0 aliphatic heterocycles. The van der Waals surface area contributed by atoms with E-state index in [0.717, 1.165) is 12.8 Å². The molecule has 0 spiro atoms. The van der Waals surface area contributed by atoms with E-state index in [1.165, 1.54) is 0 Å². The molecule has 0 saturated heterocycles. The van der Waals surface area contributed by atoms with Gasteiger partial charge < -0.3 is 5.32 Å². The predicted molar refractivity (Wildman–Crippen MR) is 70.0 cm³/mol. The van der Waals surface area contributed by atoms with Gasteiger partial charge in [-0.2, -0.15) is 15.0 Å². The van der Waals surface area contributed by atoms with Gasteiger partial charge in [0.25, 0.3) is 0 Å². The van der Waals surface area contributed by atoms with Gasteiger partial charge in [-0.05, 0) is 24.4 Å². The van der Waals surface area contributed by atoms with Crippen molar-refractivity contribution < 1.29 is 0 Å². The van der Waals surface area contributed by atoms with Crippen LogP contribution in [0.5, 0.6) is 0 Å². The highest BCUT2D eigenvalue weighted by molar-refractivity contribution is 6.28. The fraction of sp³-hybridized carbons (Fsp3) is 0.455. The highest BCUT2D eigenvalue weighted by Gasteiger charge is 2.09. The minimum Gasteiger partial charge on any atom is -0.351 e. The summed E-state index contributed by atoms with van der Waals surface area (Å²) in [4.78, 5) is 16.4. The number of halogens is 1. The largest absolute Gasteiger partial charge is 0.351 e. The molecule has 0 bridgehead atoms. The van der Waals surface area contributed by atoms with Crippen molar-refractivity contribution in [1.29, 1.82) is 0 Å². The molecule has 0 aliphatic carbocycles. The Morgan fingerprint density at radius 3 is 2.67 bits per heavy atom. The van der Waals surface area contributed by atoms with Gasteiger partial charge >= 0.3 is 0 Å². The summed E-state index contributed by atoms with van der Waals surface area (Å²) in [5, 5.41) is 3.41. The summed E-state index contributed by atoms with van der Waals surface area (Å²) in [5.74, 6) is 0.952. The third kappa shape index (κ3) is 2.95. The maximum Gasteiger partial charge on any atom is 0.241 e. The average Bonchev–Trinajstić information content (AvgIpc) is 2.89. The van der Waals surface area contributed by atoms with Crippen LogP contribution in [0, 0.1) is 0 Å². The fourth-order valence-corrected chi connectivity index (χ4v) is 1.73. The minimum atomic E-state index is 0.169. The molecule has 0 amide bonds. The molecule has 7 heteroatoms. The Labute approximate surface area is 110 Å². The summed E-state index contributed by atoms with van der Waals surface area (Å²) in [7, 11) is 0. The predicted octanol–water partition coefficient (Wildman–Crippen LogP) is 2.31. The summed E-state index contributed by atoms with van der Waals surface area (Å²) in [5.41, 5.74) is 0. The van der Waals surface area contributed by atoms with E-state index in [1.807, 2.05) is 0 Å². The Morgan fingerprint density at radius 2 is 2.06 bits per heavy atom. The molecular weight excluding hydrogens is 252 g/mol. The first-order valence-corrected chi connectivity index (χ1v) is 6.27. The van der Waals surface area contributed by atoms with Crippen LogP contribution in [0.3, 0.4) is 0 Å². The Kier molecular flexibility index (Phi) is 4.09. The van der Waals surface area contributed by atoms with Crippen LogP contribution in [-0.2, 0) is 0 Å². The molecule has 18 heavy (non-hydrogen) atoms. The molecule has 2 aromatic rings. The van der Waals surface area contributed by atoms with E-state index >= 15 is 0 Å². The Hall–Kier alpha value is -1.69. The minimum absolute atomic E-state index is 0.169. The van der Waals surface area contributed by atoms with Gasteiger partial charge in [0.2, 0.25) is 17.2 Å². The van der Waals surface area contributed by atoms with Crippen LogP contribution in [-0.4, -0.2) is 30.5 Å². The van der Waals surface area contributed by atoms with Gasteiger partial charge in [-0.3, -0.25) is 4.57 Å². The number of hydrogen-bond donors (Lipinski definition) is 1. The monoisotopic (exact) mass is 266 g/mol. The van der Waals surface area contributed by atoms with Crippen LogP contribution in [0.15, 0.2) is 18.7 Å². The van der Waals surface area contributed by atoms with E-state index in [-0.39, 0.29) is 5.28 Å². The van der Waals surface area contributed by atoms with Crippen molar-refractivity contribution in [2.45, 2.75) is 32.7 Å². The molecule has 0 aromatic carbocycles. The van der Waals surface area contributed by atoms with E-state index < -0.39 is 0 Å². The van der Waals surface area contributed by atoms with Crippen molar-refractivity contribution in [2.24, 2.45) is 0 Å². The standard InChI is InChI=1S/C11H15ClN6/c1-3-8(4-2)14-10-15-9(12)16-11(17-10)18-6-5-13-7-18/h5-8H,3-4H2,1-2H3,(H,14,15,16,17). The van der Waals surface area contributed by atoms with Gasteiger partial charge in [-0.25, -0.2) is 4.98 Å². The molecule has 0 saturated carbocycles. The van der Waals surface area contributed by atoms with Gasteiger partial charge in [-0.1, -0.05) is 13.8 Å². The summed E-state index contributed by atoms with van der Waals surface area (Å²) in [6.07, 6.45) is 7.03. The van der Waals surface area contributed by atoms with Crippen LogP contribution >= 0.6 is 11.6 Å². The lowest BCUT2D eigenvalue weighted by atomic mass is 10.2. The quantitative estimate of drug-likeness (QED) is 0.899. The van der Waals surface area contributed by atoms with E-state index in [0.29, 0.717) is 17.9 Å². The van der Waals surface area contributed by atoms with Gasteiger partial charge in [0, 0.05) is 18.4 Å². The van der Waals surface area contributed by atoms with Gasteiger partial charge in [0.1, 0.15) is 6.33 Å². The fourth-order valence-electron chi connectivity index (χ4n) is 1.57. The lowest BCUT2D eigenvalue weighted by molar-refractivity contribution is 0.662. The lowest BCUT2D eigenvalue weighted by Gasteiger charge is -2.14. The Balaban J connectivity index is 2.27. The zero-order valence-electron chi connectivity index (χ0n) is 10.3. The smallest absolute Gasteiger partial charge is 0.241 e. The molecule has 1 N–H and O–H groups in total. The molecule has 0 aliphatic rings. The Morgan fingerprint density at radius 1 is 1.28 bits per heavy atom. The first kappa shape index (κ1) is 12.8. The van der Waals surface area contributed by atoms with Crippen LogP contribution in [0.4, 0.5) is 5.95 Å². The zero-order chi connectivity index (χ0) is 13.0. The van der Waals surface area contributed by atoms with Gasteiger partial charge in [-0.15, -0.1) is 0 Å². The number of anilines is 1. The van der Waals surface area contributed by atoms with E-state index in [2.05, 4.69) is 39.1 Å². The average molecular weight is 267 g/mol. The molecule has 6 nitrogen and oxygen atoms in total. The second kappa shape index (κ2) is 5.77. The molecule has 2 heterocycles. The van der Waals surface area contributed by atoms with Crippen molar-refractivity contribution in [3.05, 3.63) is 24.0 Å². The van der Waals surface area contributed by atoms with Crippen LogP contribution in [0.25, 0.3) is 5.95 Å². The maximum atomic E-state index is 5.90. The number of nitrogens with zero attached hydrogens (tertiary/aromatic N) is 5. The number of aromatic nitrogens is 5. The van der Waals surface area contributed by atoms with Crippen molar-refractivity contribution in [1.82, 2.24) is 24.5 Å². The third-order valence-corrected chi connectivity index (χ3v) is 2.82. The topological polar surface area (TPSA) is 68.5 Å². The number of rotatable bonds is 5. The van der Waals surface area contributed by atoms with Gasteiger partial charge in [0.05, 0.1) is 0 Å². The number of imidazole rings is 1. The van der Waals surface area contributed by atoms with Crippen molar-refractivity contribution >= 4 is 17.5 Å². The Bertz CT molecular complexity index is 494. The summed E-state index contributed by atoms with van der Waals surface area (Å²) in [6.45, 7) is 4.22. The van der Waals surface area contributed by atoms with Crippen molar-refractivity contribution in [3.63, 3.8) is 0 Å². The first-order valence-electron chi connectivity index (χ1n) is 5.89. The molecular formula is C11H15ClN6. The molecule has 0 radical (unpaired) electrons. The SMILES string of the molecule is CCC(CC)Nc1nc(Cl)nc(-n2ccnc2)n1. The number of nitrogens with one attached hydrogen (secondary N) is 1. The molecule has 2 rings (SSSR count). The van der Waals surface area contributed by atoms with Crippen LogP contribution < -0.4 is 5.32 Å². The van der Waals surface area contributed by atoms with E-state index in [4.69, 9.17) is 11.6 Å². The third-order valence-electron chi connectivity index (χ3n) is 2.65. The summed E-state index contributed by atoms with van der Waals surface area (Å²) < 4.78 is 1.69. The van der Waals surface area contributed by atoms with Crippen LogP contribution in [0.1, 0.15) is 26.7 Å². The highest BCUT2D eigenvalue weighted by atomic mass is 35.5. The molecule has 0 fully saturated rings. The first-order chi connectivity index (χ1) is 8.72. The summed E-state index contributed by atoms with van der Waals surface area (Å²) >= 11 is 5.90. The summed E-state index contributed by atoms with van der Waals surface area (Å²) in [6, 6.07) is 0.333. The zero-order valence-corrected chi connectivity index (χ0v) is 11.1. The van der Waals surface area contributed by atoms with E-state index in [1.54, 1.807) is 23.3 Å². The number of hydrogen-bond acceptors (Lipinski definition) is 5. The highest BCUT2D eigenvalue weighted by Crippen LogP contribution is 2.12. The second-order valence-electron chi connectivity index (χ2n) is 3.86. The van der Waals surface area contributed by atoms with Crippen LogP contribution in [0.2, 0.25) is 5.28 Å². The van der Waals surface area contributed by atoms with E-state index in [9.17, 15) is 0 Å². The lowest BCUT2D eigenvalue weighted by Crippen LogP contribution is -2.19. The van der Waals surface area contributed by atoms with Gasteiger partial charge in [0.15, 0.2) is 0 Å². The normalized spacial score (nSPS) is 10.9. The molecule has 2 aromatic heterocycles. The maximum absolute atomic E-state index is 5.90. The molecule has 0 atom stereocenters. The molecule has 0 unspecified atom stereocenters. The van der Waals surface area contributed by atoms with Crippen molar-refractivity contribution in [3.8, 4) is 5.95 Å². The second-order valence-corrected chi connectivity index (χ2v) is 4.19.